The van der Waals surface area contributed by atoms with Gasteiger partial charge in [-0.15, -0.1) is 24.0 Å². The number of oxazole rings is 1. The molecule has 3 heterocycles. The van der Waals surface area contributed by atoms with Crippen molar-refractivity contribution >= 4 is 29.9 Å². The molecule has 0 aromatic carbocycles. The molecule has 0 radical (unpaired) electrons. The van der Waals surface area contributed by atoms with Gasteiger partial charge in [0, 0.05) is 30.6 Å². The first kappa shape index (κ1) is 22.9. The van der Waals surface area contributed by atoms with Gasteiger partial charge >= 0.3 is 0 Å². The molecule has 0 atom stereocenters. The Morgan fingerprint density at radius 2 is 2.03 bits per heavy atom. The molecule has 2 N–H and O–H groups in total. The lowest BCUT2D eigenvalue weighted by atomic mass is 9.94. The third kappa shape index (κ3) is 6.55. The fraction of sp³-hybridized carbons (Fsp3) is 0.400. The maximum atomic E-state index is 5.82. The fourth-order valence-corrected chi connectivity index (χ4v) is 2.50. The lowest BCUT2D eigenvalue weighted by molar-refractivity contribution is 0.379. The van der Waals surface area contributed by atoms with Crippen LogP contribution in [0.15, 0.2) is 52.7 Å². The van der Waals surface area contributed by atoms with E-state index in [1.807, 2.05) is 29.8 Å². The second kappa shape index (κ2) is 10.4. The van der Waals surface area contributed by atoms with Crippen molar-refractivity contribution in [3.8, 4) is 5.82 Å². The fourth-order valence-electron chi connectivity index (χ4n) is 2.50. The number of nitrogens with one attached hydrogen (secondary N) is 2. The summed E-state index contributed by atoms with van der Waals surface area (Å²) in [4.78, 5) is 17.4. The minimum absolute atomic E-state index is 0. The van der Waals surface area contributed by atoms with E-state index in [9.17, 15) is 0 Å². The molecule has 0 spiro atoms. The largest absolute Gasteiger partial charge is 0.443 e. The first-order chi connectivity index (χ1) is 13.5. The predicted octanol–water partition coefficient (Wildman–Crippen LogP) is 3.43. The number of pyridine rings is 1. The minimum Gasteiger partial charge on any atom is -0.443 e. The summed E-state index contributed by atoms with van der Waals surface area (Å²) in [6, 6.07) is 3.95. The number of halogens is 1. The summed E-state index contributed by atoms with van der Waals surface area (Å²) in [6.45, 7) is 10.1. The molecule has 8 nitrogen and oxygen atoms in total. The molecule has 0 amide bonds. The summed E-state index contributed by atoms with van der Waals surface area (Å²) >= 11 is 0. The summed E-state index contributed by atoms with van der Waals surface area (Å²) in [7, 11) is 0. The lowest BCUT2D eigenvalue weighted by Gasteiger charge is -2.13. The van der Waals surface area contributed by atoms with E-state index >= 15 is 0 Å². The molecule has 156 valence electrons. The van der Waals surface area contributed by atoms with Crippen molar-refractivity contribution in [2.45, 2.75) is 46.2 Å². The van der Waals surface area contributed by atoms with Crippen molar-refractivity contribution in [2.24, 2.45) is 4.99 Å². The van der Waals surface area contributed by atoms with Gasteiger partial charge in [0.15, 0.2) is 5.96 Å². The van der Waals surface area contributed by atoms with E-state index in [-0.39, 0.29) is 29.4 Å². The maximum absolute atomic E-state index is 5.82. The molecule has 0 aliphatic carbocycles. The van der Waals surface area contributed by atoms with Gasteiger partial charge in [-0.25, -0.2) is 19.9 Å². The summed E-state index contributed by atoms with van der Waals surface area (Å²) in [6.07, 6.45) is 8.89. The molecule has 9 heteroatoms. The summed E-state index contributed by atoms with van der Waals surface area (Å²) in [5.74, 6) is 3.04. The molecule has 3 aromatic heterocycles. The molecular weight excluding hydrogens is 481 g/mol. The van der Waals surface area contributed by atoms with Crippen LogP contribution in [0, 0.1) is 0 Å². The number of hydrogen-bond donors (Lipinski definition) is 2. The van der Waals surface area contributed by atoms with Gasteiger partial charge in [-0.2, -0.15) is 0 Å². The first-order valence-corrected chi connectivity index (χ1v) is 9.36. The number of aliphatic imine (C=N–C) groups is 1. The van der Waals surface area contributed by atoms with Gasteiger partial charge in [-0.3, -0.25) is 4.57 Å². The second-order valence-corrected chi connectivity index (χ2v) is 7.41. The standard InChI is InChI=1S/C20H27N7O.HI/c1-5-22-19(26-13-18-24-12-16(28-18)20(2,3)4)25-11-15-6-7-23-17(10-15)27-9-8-21-14-27;/h6-10,12,14H,5,11,13H2,1-4H3,(H2,22,25,26);1H. The van der Waals surface area contributed by atoms with Crippen molar-refractivity contribution in [3.63, 3.8) is 0 Å². The Hall–Kier alpha value is -2.43. The van der Waals surface area contributed by atoms with Gasteiger partial charge in [-0.1, -0.05) is 20.8 Å². The molecular formula is C20H28IN7O. The zero-order chi connectivity index (χ0) is 20.0. The number of imidazole rings is 1. The van der Waals surface area contributed by atoms with Crippen LogP contribution in [0.5, 0.6) is 0 Å². The van der Waals surface area contributed by atoms with Crippen molar-refractivity contribution in [1.29, 1.82) is 0 Å². The molecule has 0 aliphatic heterocycles. The van der Waals surface area contributed by atoms with Gasteiger partial charge in [0.2, 0.25) is 5.89 Å². The van der Waals surface area contributed by atoms with Crippen molar-refractivity contribution in [2.75, 3.05) is 6.54 Å². The Bertz CT molecular complexity index is 913. The van der Waals surface area contributed by atoms with Crippen LogP contribution in [0.2, 0.25) is 0 Å². The number of nitrogens with zero attached hydrogens (tertiary/aromatic N) is 5. The summed E-state index contributed by atoms with van der Waals surface area (Å²) in [5.41, 5.74) is 1.00. The molecule has 3 rings (SSSR count). The van der Waals surface area contributed by atoms with Crippen LogP contribution in [-0.2, 0) is 18.5 Å². The smallest absolute Gasteiger partial charge is 0.213 e. The van der Waals surface area contributed by atoms with Crippen LogP contribution in [0.25, 0.3) is 5.82 Å². The topological polar surface area (TPSA) is 93.2 Å². The van der Waals surface area contributed by atoms with Gasteiger partial charge in [0.05, 0.1) is 19.3 Å². The van der Waals surface area contributed by atoms with E-state index in [0.29, 0.717) is 24.9 Å². The van der Waals surface area contributed by atoms with E-state index in [4.69, 9.17) is 4.42 Å². The minimum atomic E-state index is -0.0574. The van der Waals surface area contributed by atoms with Crippen LogP contribution >= 0.6 is 24.0 Å². The highest BCUT2D eigenvalue weighted by atomic mass is 127. The van der Waals surface area contributed by atoms with Crippen LogP contribution in [0.3, 0.4) is 0 Å². The Labute approximate surface area is 188 Å². The normalized spacial score (nSPS) is 11.8. The number of rotatable bonds is 6. The average Bonchev–Trinajstić information content (AvgIpc) is 3.36. The van der Waals surface area contributed by atoms with Gasteiger partial charge in [0.25, 0.3) is 0 Å². The second-order valence-electron chi connectivity index (χ2n) is 7.41. The number of hydrogen-bond acceptors (Lipinski definition) is 5. The van der Waals surface area contributed by atoms with Gasteiger partial charge < -0.3 is 15.1 Å². The lowest BCUT2D eigenvalue weighted by Crippen LogP contribution is -2.36. The van der Waals surface area contributed by atoms with E-state index in [2.05, 4.69) is 51.3 Å². The van der Waals surface area contributed by atoms with E-state index < -0.39 is 0 Å². The molecule has 0 saturated carbocycles. The van der Waals surface area contributed by atoms with Crippen LogP contribution < -0.4 is 10.6 Å². The van der Waals surface area contributed by atoms with E-state index in [0.717, 1.165) is 23.7 Å². The summed E-state index contributed by atoms with van der Waals surface area (Å²) < 4.78 is 7.69. The Kier molecular flexibility index (Phi) is 8.18. The highest BCUT2D eigenvalue weighted by Crippen LogP contribution is 2.22. The van der Waals surface area contributed by atoms with Crippen molar-refractivity contribution < 1.29 is 4.42 Å². The Morgan fingerprint density at radius 1 is 1.21 bits per heavy atom. The molecule has 0 bridgehead atoms. The predicted molar refractivity (Wildman–Crippen MR) is 124 cm³/mol. The van der Waals surface area contributed by atoms with E-state index in [1.54, 1.807) is 24.9 Å². The van der Waals surface area contributed by atoms with Crippen molar-refractivity contribution in [1.82, 2.24) is 30.2 Å². The molecule has 0 unspecified atom stereocenters. The average molecular weight is 509 g/mol. The quantitative estimate of drug-likeness (QED) is 0.301. The highest BCUT2D eigenvalue weighted by Gasteiger charge is 2.19. The molecule has 0 saturated heterocycles. The van der Waals surface area contributed by atoms with Gasteiger partial charge in [0.1, 0.15) is 17.9 Å². The molecule has 0 aliphatic rings. The third-order valence-electron chi connectivity index (χ3n) is 4.04. The SMILES string of the molecule is CCNC(=NCc1ccnc(-n2ccnc2)c1)NCc1ncc(C(C)(C)C)o1.I. The summed E-state index contributed by atoms with van der Waals surface area (Å²) in [5, 5.41) is 6.51. The Morgan fingerprint density at radius 3 is 2.69 bits per heavy atom. The molecule has 3 aromatic rings. The van der Waals surface area contributed by atoms with Crippen LogP contribution in [0.4, 0.5) is 0 Å². The Balaban J connectivity index is 0.00000300. The maximum Gasteiger partial charge on any atom is 0.213 e. The zero-order valence-electron chi connectivity index (χ0n) is 17.2. The van der Waals surface area contributed by atoms with Crippen LogP contribution in [-0.4, -0.2) is 32.0 Å². The van der Waals surface area contributed by atoms with Crippen molar-refractivity contribution in [3.05, 3.63) is 60.5 Å². The van der Waals surface area contributed by atoms with Crippen LogP contribution in [0.1, 0.15) is 44.9 Å². The zero-order valence-corrected chi connectivity index (χ0v) is 19.5. The monoisotopic (exact) mass is 509 g/mol. The van der Waals surface area contributed by atoms with Gasteiger partial charge in [-0.05, 0) is 24.6 Å². The third-order valence-corrected chi connectivity index (χ3v) is 4.04. The van der Waals surface area contributed by atoms with E-state index in [1.165, 1.54) is 0 Å². The molecule has 0 fully saturated rings. The number of aromatic nitrogens is 4. The first-order valence-electron chi connectivity index (χ1n) is 9.36. The molecule has 29 heavy (non-hydrogen) atoms. The number of guanidine groups is 1. The highest BCUT2D eigenvalue weighted by molar-refractivity contribution is 14.0.